The van der Waals surface area contributed by atoms with Crippen molar-refractivity contribution in [3.05, 3.63) is 107 Å². The zero-order valence-corrected chi connectivity index (χ0v) is 30.6. The fourth-order valence-corrected chi connectivity index (χ4v) is 7.66. The zero-order valence-electron chi connectivity index (χ0n) is 30.6. The van der Waals surface area contributed by atoms with E-state index in [2.05, 4.69) is 25.9 Å². The van der Waals surface area contributed by atoms with E-state index in [1.807, 2.05) is 78.9 Å². The van der Waals surface area contributed by atoms with E-state index in [4.69, 9.17) is 9.47 Å². The van der Waals surface area contributed by atoms with E-state index in [9.17, 15) is 24.0 Å². The summed E-state index contributed by atoms with van der Waals surface area (Å²) >= 11 is 0. The third-order valence-corrected chi connectivity index (χ3v) is 10.1. The Morgan fingerprint density at radius 3 is 2.28 bits per heavy atom. The summed E-state index contributed by atoms with van der Waals surface area (Å²) in [6.45, 7) is 5.19. The van der Waals surface area contributed by atoms with Gasteiger partial charge in [0.25, 0.3) is 0 Å². The van der Waals surface area contributed by atoms with Crippen LogP contribution >= 0.6 is 0 Å². The number of alkyl carbamates (subject to hydrolysis) is 1. The van der Waals surface area contributed by atoms with Crippen molar-refractivity contribution in [2.24, 2.45) is 0 Å². The van der Waals surface area contributed by atoms with Gasteiger partial charge in [-0.05, 0) is 49.6 Å². The molecule has 13 heteroatoms. The van der Waals surface area contributed by atoms with Gasteiger partial charge in [-0.3, -0.25) is 14.4 Å². The number of ether oxygens (including phenoxy) is 2. The molecule has 0 aliphatic carbocycles. The average molecular weight is 733 g/mol. The molecular formula is C41H44N6O7. The van der Waals surface area contributed by atoms with Crippen LogP contribution in [0.1, 0.15) is 55.6 Å². The van der Waals surface area contributed by atoms with E-state index in [1.54, 1.807) is 27.0 Å². The summed E-state index contributed by atoms with van der Waals surface area (Å²) < 4.78 is 10.6. The maximum Gasteiger partial charge on any atom is 0.408 e. The molecule has 5 aromatic rings. The lowest BCUT2D eigenvalue weighted by Crippen LogP contribution is -2.57. The van der Waals surface area contributed by atoms with Crippen molar-refractivity contribution >= 4 is 51.6 Å². The van der Waals surface area contributed by atoms with Crippen LogP contribution in [0.3, 0.4) is 0 Å². The van der Waals surface area contributed by atoms with E-state index in [0.29, 0.717) is 0 Å². The molecule has 1 saturated heterocycles. The minimum atomic E-state index is -1.09. The number of fused-ring (bicyclic) bond motifs is 6. The number of carbonyl (C=O) groups excluding carboxylic acids is 5. The highest BCUT2D eigenvalue weighted by molar-refractivity contribution is 5.98. The predicted molar refractivity (Wildman–Crippen MR) is 201 cm³/mol. The Hall–Kier alpha value is -6.11. The molecule has 0 saturated carbocycles. The number of nitrogens with one attached hydrogen (secondary N) is 5. The van der Waals surface area contributed by atoms with Crippen LogP contribution in [0.15, 0.2) is 85.1 Å². The van der Waals surface area contributed by atoms with E-state index in [-0.39, 0.29) is 25.7 Å². The first-order chi connectivity index (χ1) is 25.9. The third-order valence-electron chi connectivity index (χ3n) is 10.1. The number of para-hydroxylation sites is 2. The molecule has 3 aromatic carbocycles. The number of hydrogen-bond acceptors (Lipinski definition) is 7. The number of H-pyrrole nitrogens is 2. The van der Waals surface area contributed by atoms with Crippen LogP contribution in [0, 0.1) is 0 Å². The standard InChI is InChI=1S/C41H44N6O7/c1-41(2,3)54-40(52)46-30(19-24-22-42-28-16-10-8-14-25(24)28)36(48)44-31-21-33-35-27(26-15-9-11-17-29(26)43-35)20-34(47(33)38(31)50)37(49)45-32(39(51)53-4)18-23-12-6-5-7-13-23/h5-17,22,30-34,42-43H,18-21H2,1-4H3,(H,44,48)(H,45,49)(H,46,52)/t30-,31+,32+,33-,34+/m1/s1. The monoisotopic (exact) mass is 732 g/mol. The van der Waals surface area contributed by atoms with Crippen molar-refractivity contribution in [3.8, 4) is 0 Å². The van der Waals surface area contributed by atoms with Gasteiger partial charge in [0.15, 0.2) is 0 Å². The topological polar surface area (TPSA) is 175 Å². The summed E-state index contributed by atoms with van der Waals surface area (Å²) in [6.07, 6.45) is 1.71. The van der Waals surface area contributed by atoms with E-state index < -0.39 is 65.6 Å². The van der Waals surface area contributed by atoms with Crippen LogP contribution in [0.5, 0.6) is 0 Å². The summed E-state index contributed by atoms with van der Waals surface area (Å²) in [5.74, 6) is -2.13. The summed E-state index contributed by atoms with van der Waals surface area (Å²) in [4.78, 5) is 76.9. The van der Waals surface area contributed by atoms with Crippen LogP contribution in [0.25, 0.3) is 21.8 Å². The lowest BCUT2D eigenvalue weighted by Gasteiger charge is -2.37. The van der Waals surface area contributed by atoms with Crippen molar-refractivity contribution in [2.45, 2.75) is 82.3 Å². The van der Waals surface area contributed by atoms with Gasteiger partial charge in [0.2, 0.25) is 17.7 Å². The summed E-state index contributed by atoms with van der Waals surface area (Å²) in [5, 5.41) is 10.3. The van der Waals surface area contributed by atoms with Crippen molar-refractivity contribution in [1.29, 1.82) is 0 Å². The number of hydrogen-bond donors (Lipinski definition) is 5. The predicted octanol–water partition coefficient (Wildman–Crippen LogP) is 4.37. The maximum absolute atomic E-state index is 14.4. The summed E-state index contributed by atoms with van der Waals surface area (Å²) in [6, 6.07) is 20.0. The number of rotatable bonds is 10. The Labute approximate surface area is 312 Å². The minimum Gasteiger partial charge on any atom is -0.467 e. The number of esters is 1. The second-order valence-electron chi connectivity index (χ2n) is 14.9. The van der Waals surface area contributed by atoms with Crippen LogP contribution in [-0.2, 0) is 47.9 Å². The molecule has 13 nitrogen and oxygen atoms in total. The van der Waals surface area contributed by atoms with Crippen LogP contribution in [-0.4, -0.2) is 81.5 Å². The number of nitrogens with zero attached hydrogens (tertiary/aromatic N) is 1. The molecule has 4 heterocycles. The fraction of sp³-hybridized carbons (Fsp3) is 0.341. The van der Waals surface area contributed by atoms with Crippen LogP contribution < -0.4 is 16.0 Å². The van der Waals surface area contributed by atoms with Gasteiger partial charge < -0.3 is 40.3 Å². The molecule has 4 amide bonds. The Balaban J connectivity index is 1.17. The van der Waals surface area contributed by atoms with Gasteiger partial charge in [0.1, 0.15) is 29.8 Å². The van der Waals surface area contributed by atoms with Gasteiger partial charge in [0, 0.05) is 59.4 Å². The van der Waals surface area contributed by atoms with Crippen molar-refractivity contribution < 1.29 is 33.4 Å². The number of amides is 4. The third kappa shape index (κ3) is 7.39. The quantitative estimate of drug-likeness (QED) is 0.133. The first kappa shape index (κ1) is 36.3. The molecule has 2 aliphatic rings. The molecular weight excluding hydrogens is 688 g/mol. The zero-order chi connectivity index (χ0) is 38.1. The molecule has 2 aliphatic heterocycles. The minimum absolute atomic E-state index is 0.122. The Kier molecular flexibility index (Phi) is 9.89. The van der Waals surface area contributed by atoms with Crippen molar-refractivity contribution in [3.63, 3.8) is 0 Å². The molecule has 5 N–H and O–H groups in total. The van der Waals surface area contributed by atoms with Crippen molar-refractivity contribution in [2.75, 3.05) is 7.11 Å². The number of methoxy groups -OCH3 is 1. The highest BCUT2D eigenvalue weighted by Gasteiger charge is 2.51. The van der Waals surface area contributed by atoms with E-state index in [0.717, 1.165) is 44.2 Å². The van der Waals surface area contributed by atoms with Gasteiger partial charge in [-0.15, -0.1) is 0 Å². The highest BCUT2D eigenvalue weighted by atomic mass is 16.6. The molecule has 2 aromatic heterocycles. The molecule has 54 heavy (non-hydrogen) atoms. The number of carbonyl (C=O) groups is 5. The van der Waals surface area contributed by atoms with Gasteiger partial charge in [-0.2, -0.15) is 0 Å². The second-order valence-corrected chi connectivity index (χ2v) is 14.9. The highest BCUT2D eigenvalue weighted by Crippen LogP contribution is 2.43. The van der Waals surface area contributed by atoms with E-state index >= 15 is 0 Å². The largest absolute Gasteiger partial charge is 0.467 e. The first-order valence-electron chi connectivity index (χ1n) is 18.1. The van der Waals surface area contributed by atoms with Crippen LogP contribution in [0.4, 0.5) is 4.79 Å². The Morgan fingerprint density at radius 2 is 1.56 bits per heavy atom. The number of benzene rings is 3. The smallest absolute Gasteiger partial charge is 0.408 e. The molecule has 0 radical (unpaired) electrons. The lowest BCUT2D eigenvalue weighted by molar-refractivity contribution is -0.147. The summed E-state index contributed by atoms with van der Waals surface area (Å²) in [7, 11) is 1.27. The van der Waals surface area contributed by atoms with E-state index in [1.165, 1.54) is 12.0 Å². The molecule has 5 atom stereocenters. The molecule has 0 bridgehead atoms. The molecule has 280 valence electrons. The fourth-order valence-electron chi connectivity index (χ4n) is 7.66. The van der Waals surface area contributed by atoms with Crippen LogP contribution in [0.2, 0.25) is 0 Å². The van der Waals surface area contributed by atoms with Gasteiger partial charge in [-0.1, -0.05) is 66.7 Å². The lowest BCUT2D eigenvalue weighted by atomic mass is 9.91. The summed E-state index contributed by atoms with van der Waals surface area (Å²) in [5.41, 5.74) is 4.25. The van der Waals surface area contributed by atoms with Gasteiger partial charge >= 0.3 is 12.1 Å². The molecule has 0 unspecified atom stereocenters. The Bertz CT molecular complexity index is 2220. The molecule has 0 spiro atoms. The average Bonchev–Trinajstić information content (AvgIpc) is 3.83. The van der Waals surface area contributed by atoms with Gasteiger partial charge in [0.05, 0.1) is 13.2 Å². The second kappa shape index (κ2) is 14.7. The first-order valence-corrected chi connectivity index (χ1v) is 18.1. The SMILES string of the molecule is COC(=O)[C@H](Cc1ccccc1)NC(=O)[C@@H]1Cc2c([nH]c3ccccc23)[C@H]2C[C@H](NC(=O)[C@@H](Cc3c[nH]c4ccccc34)NC(=O)OC(C)(C)C)C(=O)N21. The molecule has 7 rings (SSSR count). The normalized spacial score (nSPS) is 19.1. The Morgan fingerprint density at radius 1 is 0.870 bits per heavy atom. The van der Waals surface area contributed by atoms with Crippen molar-refractivity contribution in [1.82, 2.24) is 30.8 Å². The van der Waals surface area contributed by atoms with Gasteiger partial charge in [-0.25, -0.2) is 9.59 Å². The number of aromatic amines is 2. The maximum atomic E-state index is 14.4. The molecule has 1 fully saturated rings. The number of aromatic nitrogens is 2.